The van der Waals surface area contributed by atoms with Crippen LogP contribution in [0.25, 0.3) is 0 Å². The minimum Gasteiger partial charge on any atom is -0.466 e. The van der Waals surface area contributed by atoms with Gasteiger partial charge in [-0.25, -0.2) is 4.98 Å². The molecular weight excluding hydrogens is 187 g/mol. The number of hydrogen-bond donors (Lipinski definition) is 1. The topological polar surface area (TPSA) is 65.2 Å². The molecule has 5 heteroatoms. The van der Waals surface area contributed by atoms with Gasteiger partial charge in [0, 0.05) is 0 Å². The van der Waals surface area contributed by atoms with Crippen molar-refractivity contribution in [3.05, 3.63) is 23.6 Å². The van der Waals surface area contributed by atoms with Crippen LogP contribution in [0, 0.1) is 5.95 Å². The van der Waals surface area contributed by atoms with Crippen LogP contribution in [-0.2, 0) is 16.0 Å². The lowest BCUT2D eigenvalue weighted by atomic mass is 10.2. The zero-order valence-corrected chi connectivity index (χ0v) is 7.79. The molecule has 76 valence electrons. The van der Waals surface area contributed by atoms with Gasteiger partial charge >= 0.3 is 5.97 Å². The van der Waals surface area contributed by atoms with E-state index in [4.69, 9.17) is 10.5 Å². The molecule has 1 aromatic rings. The standard InChI is InChI=1S/C9H11FN2O2/c1-2-14-9(13)5-6-3-7(10)12-8(11)4-6/h3-4H,2,5H2,1H3,(H2,11,12). The van der Waals surface area contributed by atoms with Crippen LogP contribution in [0.4, 0.5) is 10.2 Å². The number of anilines is 1. The van der Waals surface area contributed by atoms with E-state index in [9.17, 15) is 9.18 Å². The van der Waals surface area contributed by atoms with E-state index in [2.05, 4.69) is 4.98 Å². The van der Waals surface area contributed by atoms with E-state index >= 15 is 0 Å². The number of carbonyl (C=O) groups excluding carboxylic acids is 1. The summed E-state index contributed by atoms with van der Waals surface area (Å²) in [6.45, 7) is 2.02. The second-order valence-electron chi connectivity index (χ2n) is 2.70. The number of hydrogen-bond acceptors (Lipinski definition) is 4. The molecule has 0 radical (unpaired) electrons. The summed E-state index contributed by atoms with van der Waals surface area (Å²) in [6.07, 6.45) is 0.0114. The largest absolute Gasteiger partial charge is 0.466 e. The summed E-state index contributed by atoms with van der Waals surface area (Å²) in [7, 11) is 0. The predicted molar refractivity (Wildman–Crippen MR) is 48.9 cm³/mol. The van der Waals surface area contributed by atoms with Crippen molar-refractivity contribution in [2.45, 2.75) is 13.3 Å². The molecule has 0 aliphatic rings. The molecule has 0 fully saturated rings. The number of nitrogens with zero attached hydrogens (tertiary/aromatic N) is 1. The third-order valence-corrected chi connectivity index (χ3v) is 1.53. The number of pyridine rings is 1. The van der Waals surface area contributed by atoms with Crippen LogP contribution in [0.3, 0.4) is 0 Å². The second-order valence-corrected chi connectivity index (χ2v) is 2.70. The van der Waals surface area contributed by atoms with E-state index in [1.807, 2.05) is 0 Å². The number of ether oxygens (including phenoxy) is 1. The molecule has 1 rings (SSSR count). The van der Waals surface area contributed by atoms with Crippen molar-refractivity contribution in [2.75, 3.05) is 12.3 Å². The number of halogens is 1. The predicted octanol–water partition coefficient (Wildman–Crippen LogP) is 0.909. The molecule has 1 aromatic heterocycles. The number of aromatic nitrogens is 1. The molecule has 0 aliphatic carbocycles. The van der Waals surface area contributed by atoms with E-state index < -0.39 is 11.9 Å². The van der Waals surface area contributed by atoms with Crippen LogP contribution < -0.4 is 5.73 Å². The van der Waals surface area contributed by atoms with Crippen molar-refractivity contribution in [3.63, 3.8) is 0 Å². The third kappa shape index (κ3) is 3.01. The zero-order chi connectivity index (χ0) is 10.6. The number of esters is 1. The van der Waals surface area contributed by atoms with Crippen molar-refractivity contribution in [1.29, 1.82) is 0 Å². The SMILES string of the molecule is CCOC(=O)Cc1cc(N)nc(F)c1. The van der Waals surface area contributed by atoms with Crippen LogP contribution in [0.1, 0.15) is 12.5 Å². The van der Waals surface area contributed by atoms with Crippen LogP contribution in [-0.4, -0.2) is 17.6 Å². The minimum atomic E-state index is -0.690. The van der Waals surface area contributed by atoms with Gasteiger partial charge < -0.3 is 10.5 Å². The third-order valence-electron chi connectivity index (χ3n) is 1.53. The molecule has 0 aromatic carbocycles. The Morgan fingerprint density at radius 3 is 2.93 bits per heavy atom. The van der Waals surface area contributed by atoms with E-state index in [0.717, 1.165) is 6.07 Å². The molecular formula is C9H11FN2O2. The molecule has 0 atom stereocenters. The highest BCUT2D eigenvalue weighted by atomic mass is 19.1. The highest BCUT2D eigenvalue weighted by Gasteiger charge is 2.06. The summed E-state index contributed by atoms with van der Waals surface area (Å²) in [5, 5.41) is 0. The number of nitrogen functional groups attached to an aromatic ring is 1. The lowest BCUT2D eigenvalue weighted by Crippen LogP contribution is -2.08. The zero-order valence-electron chi connectivity index (χ0n) is 7.79. The first-order valence-corrected chi connectivity index (χ1v) is 4.19. The smallest absolute Gasteiger partial charge is 0.310 e. The Bertz CT molecular complexity index is 321. The maximum atomic E-state index is 12.7. The van der Waals surface area contributed by atoms with Gasteiger partial charge in [-0.1, -0.05) is 0 Å². The highest BCUT2D eigenvalue weighted by molar-refractivity contribution is 5.72. The summed E-state index contributed by atoms with van der Waals surface area (Å²) in [6, 6.07) is 2.60. The summed E-state index contributed by atoms with van der Waals surface area (Å²) in [5.41, 5.74) is 5.77. The Morgan fingerprint density at radius 1 is 1.64 bits per heavy atom. The van der Waals surface area contributed by atoms with Gasteiger partial charge in [-0.3, -0.25) is 4.79 Å². The Morgan fingerprint density at radius 2 is 2.36 bits per heavy atom. The molecule has 14 heavy (non-hydrogen) atoms. The van der Waals surface area contributed by atoms with Crippen molar-refractivity contribution in [3.8, 4) is 0 Å². The Kier molecular flexibility index (Phi) is 3.39. The van der Waals surface area contributed by atoms with Crippen LogP contribution in [0.15, 0.2) is 12.1 Å². The summed E-state index contributed by atoms with van der Waals surface area (Å²) < 4.78 is 17.4. The van der Waals surface area contributed by atoms with Gasteiger partial charge in [0.05, 0.1) is 13.0 Å². The molecule has 0 saturated heterocycles. The van der Waals surface area contributed by atoms with Gasteiger partial charge in [0.25, 0.3) is 0 Å². The molecule has 2 N–H and O–H groups in total. The van der Waals surface area contributed by atoms with Crippen molar-refractivity contribution in [2.24, 2.45) is 0 Å². The van der Waals surface area contributed by atoms with E-state index in [1.165, 1.54) is 6.07 Å². The normalized spacial score (nSPS) is 9.86. The molecule has 0 amide bonds. The maximum Gasteiger partial charge on any atom is 0.310 e. The van der Waals surface area contributed by atoms with Gasteiger partial charge in [0.1, 0.15) is 5.82 Å². The second kappa shape index (κ2) is 4.55. The number of nitrogens with two attached hydrogens (primary N) is 1. The van der Waals surface area contributed by atoms with E-state index in [-0.39, 0.29) is 12.2 Å². The Balaban J connectivity index is 2.71. The van der Waals surface area contributed by atoms with Crippen LogP contribution >= 0.6 is 0 Å². The van der Waals surface area contributed by atoms with E-state index in [0.29, 0.717) is 12.2 Å². The lowest BCUT2D eigenvalue weighted by molar-refractivity contribution is -0.142. The van der Waals surface area contributed by atoms with Crippen molar-refractivity contribution < 1.29 is 13.9 Å². The Labute approximate surface area is 80.9 Å². The van der Waals surface area contributed by atoms with Gasteiger partial charge in [0.15, 0.2) is 0 Å². The molecule has 0 aliphatic heterocycles. The fraction of sp³-hybridized carbons (Fsp3) is 0.333. The first-order chi connectivity index (χ1) is 6.61. The lowest BCUT2D eigenvalue weighted by Gasteiger charge is -2.02. The van der Waals surface area contributed by atoms with Gasteiger partial charge in [-0.15, -0.1) is 0 Å². The minimum absolute atomic E-state index is 0.0114. The van der Waals surface area contributed by atoms with Crippen LogP contribution in [0.2, 0.25) is 0 Å². The average Bonchev–Trinajstić information content (AvgIpc) is 2.01. The fourth-order valence-electron chi connectivity index (χ4n) is 1.05. The van der Waals surface area contributed by atoms with E-state index in [1.54, 1.807) is 6.92 Å². The molecule has 0 saturated carbocycles. The number of carbonyl (C=O) groups is 1. The molecule has 0 spiro atoms. The van der Waals surface area contributed by atoms with Crippen molar-refractivity contribution >= 4 is 11.8 Å². The summed E-state index contributed by atoms with van der Waals surface area (Å²) in [5.74, 6) is -1.04. The van der Waals surface area contributed by atoms with Gasteiger partial charge in [-0.05, 0) is 24.6 Å². The molecule has 0 unspecified atom stereocenters. The van der Waals surface area contributed by atoms with Gasteiger partial charge in [-0.2, -0.15) is 4.39 Å². The number of rotatable bonds is 3. The maximum absolute atomic E-state index is 12.7. The molecule has 0 bridgehead atoms. The Hall–Kier alpha value is -1.65. The van der Waals surface area contributed by atoms with Crippen molar-refractivity contribution in [1.82, 2.24) is 4.98 Å². The average molecular weight is 198 g/mol. The quantitative estimate of drug-likeness (QED) is 0.579. The van der Waals surface area contributed by atoms with Gasteiger partial charge in [0.2, 0.25) is 5.95 Å². The van der Waals surface area contributed by atoms with Crippen LogP contribution in [0.5, 0.6) is 0 Å². The monoisotopic (exact) mass is 198 g/mol. The summed E-state index contributed by atoms with van der Waals surface area (Å²) >= 11 is 0. The molecule has 1 heterocycles. The molecule has 4 nitrogen and oxygen atoms in total. The highest BCUT2D eigenvalue weighted by Crippen LogP contribution is 2.07. The first-order valence-electron chi connectivity index (χ1n) is 4.19. The fourth-order valence-corrected chi connectivity index (χ4v) is 1.05. The summed E-state index contributed by atoms with van der Waals surface area (Å²) in [4.78, 5) is 14.4. The first kappa shape index (κ1) is 10.4.